The van der Waals surface area contributed by atoms with Crippen molar-refractivity contribution in [3.8, 4) is 0 Å². The van der Waals surface area contributed by atoms with Crippen LogP contribution in [-0.2, 0) is 0 Å². The Balaban J connectivity index is 3.01. The van der Waals surface area contributed by atoms with Crippen LogP contribution in [0, 0.1) is 12.7 Å². The van der Waals surface area contributed by atoms with Gasteiger partial charge in [0.2, 0.25) is 0 Å². The molecule has 0 unspecified atom stereocenters. The third-order valence-corrected chi connectivity index (χ3v) is 1.79. The van der Waals surface area contributed by atoms with Crippen molar-refractivity contribution in [3.63, 3.8) is 0 Å². The fraction of sp³-hybridized carbons (Fsp3) is 0.333. The van der Waals surface area contributed by atoms with E-state index >= 15 is 0 Å². The molecule has 4 heteroatoms. The summed E-state index contributed by atoms with van der Waals surface area (Å²) in [6.07, 6.45) is -2.74. The second-order valence-corrected chi connectivity index (χ2v) is 2.89. The fourth-order valence-corrected chi connectivity index (χ4v) is 1.04. The molecule has 1 nitrogen and oxygen atoms in total. The first kappa shape index (κ1) is 10.1. The second kappa shape index (κ2) is 3.79. The van der Waals surface area contributed by atoms with Gasteiger partial charge in [-0.3, -0.25) is 0 Å². The number of hydrogen-bond donors (Lipinski definition) is 1. The molecule has 0 amide bonds. The minimum atomic E-state index is -2.74. The van der Waals surface area contributed by atoms with Gasteiger partial charge in [-0.2, -0.15) is 0 Å². The fourth-order valence-electron chi connectivity index (χ4n) is 1.04. The summed E-state index contributed by atoms with van der Waals surface area (Å²) in [6.45, 7) is 1.68. The molecule has 1 atom stereocenters. The number of benzene rings is 1. The van der Waals surface area contributed by atoms with E-state index in [0.717, 1.165) is 0 Å². The minimum Gasteiger partial charge on any atom is -0.319 e. The van der Waals surface area contributed by atoms with Gasteiger partial charge in [0, 0.05) is 5.56 Å². The van der Waals surface area contributed by atoms with E-state index in [0.29, 0.717) is 5.56 Å². The van der Waals surface area contributed by atoms with Crippen LogP contribution in [-0.4, -0.2) is 6.43 Å². The first-order valence-corrected chi connectivity index (χ1v) is 3.82. The Labute approximate surface area is 74.4 Å². The van der Waals surface area contributed by atoms with E-state index in [9.17, 15) is 13.2 Å². The Bertz CT molecular complexity index is 299. The molecule has 13 heavy (non-hydrogen) atoms. The second-order valence-electron chi connectivity index (χ2n) is 2.89. The maximum absolute atomic E-state index is 13.0. The zero-order chi connectivity index (χ0) is 10.0. The van der Waals surface area contributed by atoms with Gasteiger partial charge in [-0.15, -0.1) is 0 Å². The van der Waals surface area contributed by atoms with Crippen LogP contribution >= 0.6 is 0 Å². The van der Waals surface area contributed by atoms with E-state index < -0.39 is 18.3 Å². The van der Waals surface area contributed by atoms with E-state index in [4.69, 9.17) is 5.73 Å². The number of halogens is 3. The van der Waals surface area contributed by atoms with Gasteiger partial charge in [0.25, 0.3) is 6.43 Å². The average molecular weight is 189 g/mol. The van der Waals surface area contributed by atoms with Gasteiger partial charge in [0.05, 0.1) is 6.04 Å². The molecule has 0 aromatic heterocycles. The number of aryl methyl sites for hydroxylation is 1. The smallest absolute Gasteiger partial charge is 0.257 e. The highest BCUT2D eigenvalue weighted by atomic mass is 19.3. The molecule has 0 spiro atoms. The Morgan fingerprint density at radius 1 is 1.31 bits per heavy atom. The van der Waals surface area contributed by atoms with Gasteiger partial charge >= 0.3 is 0 Å². The number of alkyl halides is 2. The van der Waals surface area contributed by atoms with E-state index in [1.807, 2.05) is 0 Å². The molecular weight excluding hydrogens is 179 g/mol. The Hall–Kier alpha value is -1.03. The van der Waals surface area contributed by atoms with Crippen LogP contribution < -0.4 is 5.73 Å². The van der Waals surface area contributed by atoms with Gasteiger partial charge in [-0.1, -0.05) is 12.1 Å². The third-order valence-electron chi connectivity index (χ3n) is 1.79. The number of hydrogen-bond acceptors (Lipinski definition) is 1. The van der Waals surface area contributed by atoms with Crippen LogP contribution in [0.4, 0.5) is 13.2 Å². The molecule has 1 aromatic rings. The number of rotatable bonds is 2. The lowest BCUT2D eigenvalue weighted by Crippen LogP contribution is -2.20. The van der Waals surface area contributed by atoms with Crippen molar-refractivity contribution in [1.82, 2.24) is 0 Å². The highest BCUT2D eigenvalue weighted by molar-refractivity contribution is 5.26. The molecule has 1 aromatic carbocycles. The van der Waals surface area contributed by atoms with E-state index in [-0.39, 0.29) is 5.56 Å². The van der Waals surface area contributed by atoms with E-state index in [1.54, 1.807) is 13.0 Å². The molecule has 1 rings (SSSR count). The summed E-state index contributed by atoms with van der Waals surface area (Å²) >= 11 is 0. The number of nitrogens with two attached hydrogens (primary N) is 1. The van der Waals surface area contributed by atoms with Crippen LogP contribution in [0.15, 0.2) is 18.2 Å². The molecule has 0 aliphatic heterocycles. The van der Waals surface area contributed by atoms with Crippen LogP contribution in [0.1, 0.15) is 17.2 Å². The van der Waals surface area contributed by atoms with Crippen molar-refractivity contribution in [2.75, 3.05) is 0 Å². The van der Waals surface area contributed by atoms with Gasteiger partial charge in [-0.25, -0.2) is 13.2 Å². The average Bonchev–Trinajstić information content (AvgIpc) is 2.03. The highest BCUT2D eigenvalue weighted by Crippen LogP contribution is 2.21. The lowest BCUT2D eigenvalue weighted by molar-refractivity contribution is 0.115. The molecule has 72 valence electrons. The molecule has 0 aliphatic carbocycles. The Morgan fingerprint density at radius 3 is 2.38 bits per heavy atom. The van der Waals surface area contributed by atoms with Gasteiger partial charge in [0.1, 0.15) is 5.82 Å². The lowest BCUT2D eigenvalue weighted by atomic mass is 10.1. The standard InChI is InChI=1S/C9H10F3N/c1-5-2-3-6(7(10)4-5)8(13)9(11)12/h2-4,8-9H,13H2,1H3/t8-/m0/s1. The van der Waals surface area contributed by atoms with Crippen LogP contribution in [0.2, 0.25) is 0 Å². The SMILES string of the molecule is Cc1ccc([C@H](N)C(F)F)c(F)c1. The molecule has 0 heterocycles. The molecular formula is C9H10F3N. The summed E-state index contributed by atoms with van der Waals surface area (Å²) in [5, 5.41) is 0. The predicted octanol–water partition coefficient (Wildman–Crippen LogP) is 2.40. The largest absolute Gasteiger partial charge is 0.319 e. The first-order chi connectivity index (χ1) is 6.02. The molecule has 0 aliphatic rings. The zero-order valence-electron chi connectivity index (χ0n) is 7.10. The van der Waals surface area contributed by atoms with Crippen LogP contribution in [0.5, 0.6) is 0 Å². The molecule has 0 radical (unpaired) electrons. The van der Waals surface area contributed by atoms with Gasteiger partial charge in [-0.05, 0) is 18.6 Å². The monoisotopic (exact) mass is 189 g/mol. The quantitative estimate of drug-likeness (QED) is 0.759. The van der Waals surface area contributed by atoms with Crippen molar-refractivity contribution in [2.24, 2.45) is 5.73 Å². The van der Waals surface area contributed by atoms with Crippen molar-refractivity contribution < 1.29 is 13.2 Å². The summed E-state index contributed by atoms with van der Waals surface area (Å²) in [5.74, 6) is -0.673. The summed E-state index contributed by atoms with van der Waals surface area (Å²) < 4.78 is 37.3. The minimum absolute atomic E-state index is 0.138. The van der Waals surface area contributed by atoms with Gasteiger partial charge in [0.15, 0.2) is 0 Å². The normalized spacial score (nSPS) is 13.4. The molecule has 0 fully saturated rings. The maximum Gasteiger partial charge on any atom is 0.257 e. The Morgan fingerprint density at radius 2 is 1.92 bits per heavy atom. The predicted molar refractivity (Wildman–Crippen MR) is 44.1 cm³/mol. The summed E-state index contributed by atoms with van der Waals surface area (Å²) in [4.78, 5) is 0. The highest BCUT2D eigenvalue weighted by Gasteiger charge is 2.20. The molecule has 0 bridgehead atoms. The topological polar surface area (TPSA) is 26.0 Å². The summed E-state index contributed by atoms with van der Waals surface area (Å²) in [6, 6.07) is 2.50. The Kier molecular flexibility index (Phi) is 2.93. The lowest BCUT2D eigenvalue weighted by Gasteiger charge is -2.11. The van der Waals surface area contributed by atoms with E-state index in [1.165, 1.54) is 12.1 Å². The van der Waals surface area contributed by atoms with Crippen molar-refractivity contribution in [1.29, 1.82) is 0 Å². The zero-order valence-corrected chi connectivity index (χ0v) is 7.10. The third kappa shape index (κ3) is 2.21. The molecule has 0 saturated carbocycles. The van der Waals surface area contributed by atoms with E-state index in [2.05, 4.69) is 0 Å². The summed E-state index contributed by atoms with van der Waals surface area (Å²) in [7, 11) is 0. The summed E-state index contributed by atoms with van der Waals surface area (Å²) in [5.41, 5.74) is 5.64. The first-order valence-electron chi connectivity index (χ1n) is 3.82. The molecule has 0 saturated heterocycles. The van der Waals surface area contributed by atoms with Crippen molar-refractivity contribution >= 4 is 0 Å². The van der Waals surface area contributed by atoms with Crippen LogP contribution in [0.3, 0.4) is 0 Å². The van der Waals surface area contributed by atoms with Gasteiger partial charge < -0.3 is 5.73 Å². The molecule has 2 N–H and O–H groups in total. The van der Waals surface area contributed by atoms with Crippen molar-refractivity contribution in [2.45, 2.75) is 19.4 Å². The van der Waals surface area contributed by atoms with Crippen molar-refractivity contribution in [3.05, 3.63) is 35.1 Å². The van der Waals surface area contributed by atoms with Crippen LogP contribution in [0.25, 0.3) is 0 Å². The maximum atomic E-state index is 13.0.